The lowest BCUT2D eigenvalue weighted by Gasteiger charge is -2.33. The van der Waals surface area contributed by atoms with Crippen LogP contribution in [-0.4, -0.2) is 41.6 Å². The van der Waals surface area contributed by atoms with Crippen LogP contribution in [0.5, 0.6) is 5.75 Å². The summed E-state index contributed by atoms with van der Waals surface area (Å²) in [5, 5.41) is 11.8. The summed E-state index contributed by atoms with van der Waals surface area (Å²) >= 11 is 0. The summed E-state index contributed by atoms with van der Waals surface area (Å²) < 4.78 is 5.46. The van der Waals surface area contributed by atoms with Gasteiger partial charge in [-0.15, -0.1) is 0 Å². The van der Waals surface area contributed by atoms with Crippen LogP contribution >= 0.6 is 0 Å². The molecule has 1 aliphatic rings. The number of nitrogens with one attached hydrogen (secondary N) is 1. The molecule has 1 amide bonds. The van der Waals surface area contributed by atoms with Crippen molar-refractivity contribution in [1.82, 2.24) is 15.3 Å². The molecule has 1 unspecified atom stereocenters. The number of hydrogen-bond acceptors (Lipinski definition) is 6. The predicted molar refractivity (Wildman–Crippen MR) is 92.1 cm³/mol. The number of hydrogen-bond donors (Lipinski definition) is 1. The summed E-state index contributed by atoms with van der Waals surface area (Å²) in [5.41, 5.74) is 0.558. The molecule has 2 heterocycles. The Labute approximate surface area is 146 Å². The summed E-state index contributed by atoms with van der Waals surface area (Å²) in [5.74, 6) is 1.09. The van der Waals surface area contributed by atoms with E-state index < -0.39 is 0 Å². The molecule has 0 bridgehead atoms. The van der Waals surface area contributed by atoms with Gasteiger partial charge >= 0.3 is 0 Å². The predicted octanol–water partition coefficient (Wildman–Crippen LogP) is 1.51. The number of piperidine rings is 1. The molecule has 1 saturated heterocycles. The number of carbonyl (C=O) groups is 1. The highest BCUT2D eigenvalue weighted by molar-refractivity contribution is 5.78. The maximum atomic E-state index is 12.1. The fourth-order valence-corrected chi connectivity index (χ4v) is 2.78. The molecule has 1 atom stereocenters. The Morgan fingerprint density at radius 2 is 2.08 bits per heavy atom. The average Bonchev–Trinajstić information content (AvgIpc) is 2.68. The molecule has 0 saturated carbocycles. The van der Waals surface area contributed by atoms with Crippen molar-refractivity contribution in [1.29, 1.82) is 5.26 Å². The van der Waals surface area contributed by atoms with E-state index in [1.54, 1.807) is 42.7 Å². The number of aromatic nitrogens is 2. The number of nitriles is 1. The molecule has 3 rings (SSSR count). The molecule has 1 aromatic carbocycles. The molecule has 7 heteroatoms. The van der Waals surface area contributed by atoms with Crippen molar-refractivity contribution in [2.75, 3.05) is 24.6 Å². The van der Waals surface area contributed by atoms with E-state index in [1.165, 1.54) is 0 Å². The minimum atomic E-state index is -0.162. The van der Waals surface area contributed by atoms with Crippen LogP contribution in [0.25, 0.3) is 0 Å². The maximum absolute atomic E-state index is 12.1. The number of nitrogens with zero attached hydrogens (tertiary/aromatic N) is 4. The number of benzene rings is 1. The standard InChI is InChI=1S/C18H19N5O2/c19-11-14-4-6-16(7-5-14)25-13-17(24)22-15-3-1-10-23(12-15)18-20-8-2-9-21-18/h2,4-9,15H,1,3,10,12-13H2,(H,22,24). The molecule has 128 valence electrons. The minimum Gasteiger partial charge on any atom is -0.484 e. The topological polar surface area (TPSA) is 91.1 Å². The van der Waals surface area contributed by atoms with Gasteiger partial charge in [-0.3, -0.25) is 4.79 Å². The molecular weight excluding hydrogens is 318 g/mol. The Hall–Kier alpha value is -3.14. The molecule has 7 nitrogen and oxygen atoms in total. The fraction of sp³-hybridized carbons (Fsp3) is 0.333. The van der Waals surface area contributed by atoms with Gasteiger partial charge in [-0.25, -0.2) is 9.97 Å². The van der Waals surface area contributed by atoms with Crippen LogP contribution in [-0.2, 0) is 4.79 Å². The van der Waals surface area contributed by atoms with E-state index in [0.29, 0.717) is 23.8 Å². The van der Waals surface area contributed by atoms with Crippen LogP contribution < -0.4 is 15.0 Å². The number of rotatable bonds is 5. The van der Waals surface area contributed by atoms with Crippen molar-refractivity contribution < 1.29 is 9.53 Å². The largest absolute Gasteiger partial charge is 0.484 e. The molecular formula is C18H19N5O2. The first-order chi connectivity index (χ1) is 12.2. The lowest BCUT2D eigenvalue weighted by molar-refractivity contribution is -0.123. The molecule has 0 radical (unpaired) electrons. The second kappa shape index (κ2) is 8.11. The van der Waals surface area contributed by atoms with Crippen LogP contribution in [0, 0.1) is 11.3 Å². The quantitative estimate of drug-likeness (QED) is 0.889. The van der Waals surface area contributed by atoms with Gasteiger partial charge < -0.3 is 15.0 Å². The van der Waals surface area contributed by atoms with Crippen molar-refractivity contribution in [2.45, 2.75) is 18.9 Å². The Kier molecular flexibility index (Phi) is 5.42. The first-order valence-electron chi connectivity index (χ1n) is 8.19. The second-order valence-corrected chi connectivity index (χ2v) is 5.83. The SMILES string of the molecule is N#Cc1ccc(OCC(=O)NC2CCCN(c3ncccn3)C2)cc1. The van der Waals surface area contributed by atoms with Gasteiger partial charge in [-0.05, 0) is 43.2 Å². The van der Waals surface area contributed by atoms with E-state index >= 15 is 0 Å². The smallest absolute Gasteiger partial charge is 0.258 e. The zero-order valence-electron chi connectivity index (χ0n) is 13.8. The van der Waals surface area contributed by atoms with Gasteiger partial charge in [0, 0.05) is 31.5 Å². The number of carbonyl (C=O) groups excluding carboxylic acids is 1. The molecule has 1 aromatic heterocycles. The summed E-state index contributed by atoms with van der Waals surface area (Å²) in [6.07, 6.45) is 5.33. The first-order valence-corrected chi connectivity index (χ1v) is 8.19. The van der Waals surface area contributed by atoms with Crippen molar-refractivity contribution in [3.63, 3.8) is 0 Å². The number of amides is 1. The fourth-order valence-electron chi connectivity index (χ4n) is 2.78. The van der Waals surface area contributed by atoms with Crippen molar-refractivity contribution in [2.24, 2.45) is 0 Å². The highest BCUT2D eigenvalue weighted by atomic mass is 16.5. The van der Waals surface area contributed by atoms with Gasteiger partial charge in [0.1, 0.15) is 5.75 Å². The van der Waals surface area contributed by atoms with Crippen molar-refractivity contribution in [3.8, 4) is 11.8 Å². The van der Waals surface area contributed by atoms with E-state index in [9.17, 15) is 4.79 Å². The van der Waals surface area contributed by atoms with E-state index in [0.717, 1.165) is 19.4 Å². The Morgan fingerprint density at radius 1 is 1.32 bits per heavy atom. The highest BCUT2D eigenvalue weighted by Gasteiger charge is 2.23. The molecule has 1 aliphatic heterocycles. The van der Waals surface area contributed by atoms with E-state index in [1.807, 2.05) is 6.07 Å². The van der Waals surface area contributed by atoms with Gasteiger partial charge in [0.15, 0.2) is 6.61 Å². The molecule has 1 fully saturated rings. The molecule has 0 aliphatic carbocycles. The summed E-state index contributed by atoms with van der Waals surface area (Å²) in [7, 11) is 0. The molecule has 0 spiro atoms. The monoisotopic (exact) mass is 337 g/mol. The highest BCUT2D eigenvalue weighted by Crippen LogP contribution is 2.15. The summed E-state index contributed by atoms with van der Waals surface area (Å²) in [6, 6.07) is 10.6. The zero-order valence-corrected chi connectivity index (χ0v) is 13.8. The minimum absolute atomic E-state index is 0.0506. The van der Waals surface area contributed by atoms with Gasteiger partial charge in [-0.2, -0.15) is 5.26 Å². The van der Waals surface area contributed by atoms with Crippen molar-refractivity contribution in [3.05, 3.63) is 48.3 Å². The third-order valence-corrected chi connectivity index (χ3v) is 3.97. The van der Waals surface area contributed by atoms with Crippen LogP contribution in [0.2, 0.25) is 0 Å². The Morgan fingerprint density at radius 3 is 2.80 bits per heavy atom. The Balaban J connectivity index is 1.48. The normalized spacial score (nSPS) is 16.8. The number of ether oxygens (including phenoxy) is 1. The molecule has 1 N–H and O–H groups in total. The van der Waals surface area contributed by atoms with Crippen LogP contribution in [0.15, 0.2) is 42.7 Å². The second-order valence-electron chi connectivity index (χ2n) is 5.83. The van der Waals surface area contributed by atoms with E-state index in [-0.39, 0.29) is 18.6 Å². The van der Waals surface area contributed by atoms with Gasteiger partial charge in [0.05, 0.1) is 11.6 Å². The lowest BCUT2D eigenvalue weighted by atomic mass is 10.1. The van der Waals surface area contributed by atoms with Gasteiger partial charge in [0.2, 0.25) is 5.95 Å². The first kappa shape index (κ1) is 16.7. The van der Waals surface area contributed by atoms with Crippen molar-refractivity contribution >= 4 is 11.9 Å². The summed E-state index contributed by atoms with van der Waals surface area (Å²) in [6.45, 7) is 1.52. The third-order valence-electron chi connectivity index (χ3n) is 3.97. The number of anilines is 1. The van der Waals surface area contributed by atoms with Crippen LogP contribution in [0.1, 0.15) is 18.4 Å². The molecule has 2 aromatic rings. The Bertz CT molecular complexity index is 742. The van der Waals surface area contributed by atoms with Crippen LogP contribution in [0.3, 0.4) is 0 Å². The van der Waals surface area contributed by atoms with E-state index in [2.05, 4.69) is 20.2 Å². The van der Waals surface area contributed by atoms with Gasteiger partial charge in [-0.1, -0.05) is 0 Å². The third kappa shape index (κ3) is 4.67. The summed E-state index contributed by atoms with van der Waals surface area (Å²) in [4.78, 5) is 22.7. The zero-order chi connectivity index (χ0) is 17.5. The van der Waals surface area contributed by atoms with Crippen LogP contribution in [0.4, 0.5) is 5.95 Å². The average molecular weight is 337 g/mol. The maximum Gasteiger partial charge on any atom is 0.258 e. The van der Waals surface area contributed by atoms with Gasteiger partial charge in [0.25, 0.3) is 5.91 Å². The molecule has 25 heavy (non-hydrogen) atoms. The van der Waals surface area contributed by atoms with E-state index in [4.69, 9.17) is 10.00 Å². The lowest BCUT2D eigenvalue weighted by Crippen LogP contribution is -2.49.